The number of fused-ring (bicyclic) bond motifs is 1. The maximum Gasteiger partial charge on any atom is 0.336 e. The molecule has 0 amide bonds. The highest BCUT2D eigenvalue weighted by Gasteiger charge is 2.37. The van der Waals surface area contributed by atoms with Gasteiger partial charge in [0.15, 0.2) is 11.5 Å². The Kier molecular flexibility index (Phi) is 6.46. The molecule has 3 aliphatic rings. The third-order valence-corrected chi connectivity index (χ3v) is 5.42. The van der Waals surface area contributed by atoms with Crippen molar-refractivity contribution in [1.29, 1.82) is 0 Å². The standard InChI is InChI=1S/C23H27NO7/c1-3-27-22(25)17-12-24(11-16-6-5-9-29-16)13-18(23(26)28-4-2)21(17)15-7-8-19-20(10-15)31-14-30-19/h7-8,10,12-13,16,21H,3-6,9,11,14H2,1-2H3/t16-/m1/s1. The highest BCUT2D eigenvalue weighted by Crippen LogP contribution is 2.42. The number of hydrogen-bond acceptors (Lipinski definition) is 8. The summed E-state index contributed by atoms with van der Waals surface area (Å²) in [5, 5.41) is 0. The van der Waals surface area contributed by atoms with E-state index in [1.807, 2.05) is 11.0 Å². The van der Waals surface area contributed by atoms with Gasteiger partial charge in [0, 0.05) is 25.6 Å². The average Bonchev–Trinajstić information content (AvgIpc) is 3.44. The van der Waals surface area contributed by atoms with Crippen molar-refractivity contribution in [3.05, 3.63) is 47.3 Å². The molecule has 0 radical (unpaired) electrons. The SMILES string of the molecule is CCOC(=O)C1=CN(C[C@H]2CCCO2)C=C(C(=O)OCC)C1c1ccc2c(c1)OCO2. The Morgan fingerprint density at radius 3 is 2.32 bits per heavy atom. The van der Waals surface area contributed by atoms with Gasteiger partial charge in [-0.2, -0.15) is 0 Å². The fourth-order valence-electron chi connectivity index (χ4n) is 4.06. The lowest BCUT2D eigenvalue weighted by molar-refractivity contribution is -0.139. The topological polar surface area (TPSA) is 83.5 Å². The van der Waals surface area contributed by atoms with Crippen LogP contribution in [0.4, 0.5) is 0 Å². The second-order valence-corrected chi connectivity index (χ2v) is 7.49. The van der Waals surface area contributed by atoms with Gasteiger partial charge in [-0.1, -0.05) is 6.07 Å². The van der Waals surface area contributed by atoms with Crippen molar-refractivity contribution in [2.45, 2.75) is 38.7 Å². The third kappa shape index (κ3) is 4.54. The summed E-state index contributed by atoms with van der Waals surface area (Å²) in [6.07, 6.45) is 5.48. The minimum absolute atomic E-state index is 0.0430. The number of carbonyl (C=O) groups excluding carboxylic acids is 2. The smallest absolute Gasteiger partial charge is 0.336 e. The minimum Gasteiger partial charge on any atom is -0.463 e. The molecular formula is C23H27NO7. The van der Waals surface area contributed by atoms with Gasteiger partial charge in [0.1, 0.15) is 0 Å². The molecule has 8 nitrogen and oxygen atoms in total. The number of esters is 2. The normalized spacial score (nSPS) is 20.3. The molecule has 8 heteroatoms. The van der Waals surface area contributed by atoms with Crippen LogP contribution in [0.2, 0.25) is 0 Å². The van der Waals surface area contributed by atoms with Crippen LogP contribution in [-0.4, -0.2) is 56.1 Å². The third-order valence-electron chi connectivity index (χ3n) is 5.42. The number of benzene rings is 1. The van der Waals surface area contributed by atoms with Crippen molar-refractivity contribution in [3.8, 4) is 11.5 Å². The summed E-state index contributed by atoms with van der Waals surface area (Å²) in [5.74, 6) is -0.392. The van der Waals surface area contributed by atoms with Gasteiger partial charge in [0.2, 0.25) is 6.79 Å². The van der Waals surface area contributed by atoms with Crippen molar-refractivity contribution in [2.24, 2.45) is 0 Å². The molecule has 0 aliphatic carbocycles. The molecule has 0 saturated carbocycles. The zero-order valence-electron chi connectivity index (χ0n) is 17.8. The number of hydrogen-bond donors (Lipinski definition) is 0. The van der Waals surface area contributed by atoms with E-state index in [1.54, 1.807) is 38.4 Å². The lowest BCUT2D eigenvalue weighted by atomic mass is 9.83. The molecule has 1 aromatic carbocycles. The van der Waals surface area contributed by atoms with Crippen LogP contribution in [0.5, 0.6) is 11.5 Å². The molecule has 166 valence electrons. The molecule has 4 rings (SSSR count). The van der Waals surface area contributed by atoms with Crippen LogP contribution in [0.15, 0.2) is 41.7 Å². The van der Waals surface area contributed by atoms with E-state index in [1.165, 1.54) is 0 Å². The van der Waals surface area contributed by atoms with Gasteiger partial charge in [-0.05, 0) is 44.4 Å². The largest absolute Gasteiger partial charge is 0.463 e. The summed E-state index contributed by atoms with van der Waals surface area (Å²) in [7, 11) is 0. The molecule has 1 atom stereocenters. The highest BCUT2D eigenvalue weighted by molar-refractivity contribution is 5.98. The van der Waals surface area contributed by atoms with Gasteiger partial charge in [0.25, 0.3) is 0 Å². The van der Waals surface area contributed by atoms with Crippen LogP contribution in [0.25, 0.3) is 0 Å². The highest BCUT2D eigenvalue weighted by atomic mass is 16.7. The number of ether oxygens (including phenoxy) is 5. The second-order valence-electron chi connectivity index (χ2n) is 7.49. The van der Waals surface area contributed by atoms with Crippen LogP contribution >= 0.6 is 0 Å². The lowest BCUT2D eigenvalue weighted by Gasteiger charge is -2.31. The quantitative estimate of drug-likeness (QED) is 0.612. The predicted octanol–water partition coefficient (Wildman–Crippen LogP) is 2.89. The van der Waals surface area contributed by atoms with Gasteiger partial charge in [-0.25, -0.2) is 9.59 Å². The van der Waals surface area contributed by atoms with E-state index in [2.05, 4.69) is 0 Å². The number of carbonyl (C=O) groups is 2. The zero-order chi connectivity index (χ0) is 21.8. The summed E-state index contributed by atoms with van der Waals surface area (Å²) in [5.41, 5.74) is 1.45. The predicted molar refractivity (Wildman–Crippen MR) is 110 cm³/mol. The van der Waals surface area contributed by atoms with Gasteiger partial charge in [0.05, 0.1) is 36.4 Å². The van der Waals surface area contributed by atoms with Crippen molar-refractivity contribution in [2.75, 3.05) is 33.2 Å². The molecule has 1 aromatic rings. The van der Waals surface area contributed by atoms with Crippen LogP contribution in [0.3, 0.4) is 0 Å². The number of nitrogens with zero attached hydrogens (tertiary/aromatic N) is 1. The van der Waals surface area contributed by atoms with Gasteiger partial charge in [-0.3, -0.25) is 0 Å². The fourth-order valence-corrected chi connectivity index (χ4v) is 4.06. The van der Waals surface area contributed by atoms with E-state index in [4.69, 9.17) is 23.7 Å². The Morgan fingerprint density at radius 2 is 1.71 bits per heavy atom. The maximum absolute atomic E-state index is 12.9. The minimum atomic E-state index is -0.645. The van der Waals surface area contributed by atoms with E-state index in [-0.39, 0.29) is 26.1 Å². The van der Waals surface area contributed by atoms with Crippen LogP contribution < -0.4 is 9.47 Å². The summed E-state index contributed by atoms with van der Waals surface area (Å²) < 4.78 is 27.3. The summed E-state index contributed by atoms with van der Waals surface area (Å²) in [6, 6.07) is 5.40. The first-order valence-electron chi connectivity index (χ1n) is 10.6. The Bertz CT molecular complexity index is 865. The van der Waals surface area contributed by atoms with Crippen molar-refractivity contribution in [1.82, 2.24) is 4.90 Å². The van der Waals surface area contributed by atoms with Gasteiger partial charge >= 0.3 is 11.9 Å². The van der Waals surface area contributed by atoms with Crippen LogP contribution in [0, 0.1) is 0 Å². The maximum atomic E-state index is 12.9. The van der Waals surface area contributed by atoms with E-state index in [9.17, 15) is 9.59 Å². The average molecular weight is 429 g/mol. The summed E-state index contributed by atoms with van der Waals surface area (Å²) in [6.45, 7) is 5.37. The molecule has 0 aromatic heterocycles. The molecule has 0 N–H and O–H groups in total. The molecular weight excluding hydrogens is 402 g/mol. The van der Waals surface area contributed by atoms with Crippen molar-refractivity contribution >= 4 is 11.9 Å². The lowest BCUT2D eigenvalue weighted by Crippen LogP contribution is -2.32. The fraction of sp³-hybridized carbons (Fsp3) is 0.478. The summed E-state index contributed by atoms with van der Waals surface area (Å²) >= 11 is 0. The monoisotopic (exact) mass is 429 g/mol. The second kappa shape index (κ2) is 9.43. The van der Waals surface area contributed by atoms with E-state index >= 15 is 0 Å². The molecule has 3 heterocycles. The van der Waals surface area contributed by atoms with Crippen molar-refractivity contribution in [3.63, 3.8) is 0 Å². The molecule has 1 fully saturated rings. The first-order chi connectivity index (χ1) is 15.1. The Labute approximate surface area is 181 Å². The summed E-state index contributed by atoms with van der Waals surface area (Å²) in [4.78, 5) is 27.7. The molecule has 0 spiro atoms. The van der Waals surface area contributed by atoms with Crippen molar-refractivity contribution < 1.29 is 33.3 Å². The van der Waals surface area contributed by atoms with E-state index in [0.717, 1.165) is 25.0 Å². The van der Waals surface area contributed by atoms with E-state index < -0.39 is 17.9 Å². The first-order valence-corrected chi connectivity index (χ1v) is 10.6. The van der Waals surface area contributed by atoms with Gasteiger partial charge < -0.3 is 28.6 Å². The van der Waals surface area contributed by atoms with E-state index in [0.29, 0.717) is 29.2 Å². The molecule has 0 bridgehead atoms. The molecule has 0 unspecified atom stereocenters. The molecule has 31 heavy (non-hydrogen) atoms. The Morgan fingerprint density at radius 1 is 1.03 bits per heavy atom. The molecule has 1 saturated heterocycles. The Balaban J connectivity index is 1.74. The van der Waals surface area contributed by atoms with Gasteiger partial charge in [-0.15, -0.1) is 0 Å². The first kappa shape index (κ1) is 21.2. The number of rotatable bonds is 7. The zero-order valence-corrected chi connectivity index (χ0v) is 17.8. The van der Waals surface area contributed by atoms with Crippen LogP contribution in [-0.2, 0) is 23.8 Å². The molecule has 3 aliphatic heterocycles. The van der Waals surface area contributed by atoms with Crippen LogP contribution in [0.1, 0.15) is 38.2 Å². The Hall–Kier alpha value is -3.00.